The number of anilines is 2. The van der Waals surface area contributed by atoms with Gasteiger partial charge in [0.05, 0.1) is 0 Å². The highest BCUT2D eigenvalue weighted by molar-refractivity contribution is 5.58. The molecule has 0 saturated heterocycles. The van der Waals surface area contributed by atoms with Crippen LogP contribution < -0.4 is 10.2 Å². The zero-order valence-electron chi connectivity index (χ0n) is 13.0. The van der Waals surface area contributed by atoms with E-state index in [1.165, 1.54) is 12.8 Å². The van der Waals surface area contributed by atoms with E-state index in [1.54, 1.807) is 6.33 Å². The van der Waals surface area contributed by atoms with Crippen molar-refractivity contribution >= 4 is 11.6 Å². The van der Waals surface area contributed by atoms with Gasteiger partial charge in [0.15, 0.2) is 0 Å². The van der Waals surface area contributed by atoms with Crippen LogP contribution in [-0.4, -0.2) is 29.1 Å². The molecule has 1 aromatic rings. The van der Waals surface area contributed by atoms with E-state index in [1.807, 2.05) is 0 Å². The summed E-state index contributed by atoms with van der Waals surface area (Å²) in [5.41, 5.74) is 1.15. The van der Waals surface area contributed by atoms with Crippen LogP contribution in [0.25, 0.3) is 0 Å². The minimum atomic E-state index is 0.509. The number of hydrogen-bond donors (Lipinski definition) is 1. The summed E-state index contributed by atoms with van der Waals surface area (Å²) in [4.78, 5) is 11.3. The van der Waals surface area contributed by atoms with Crippen molar-refractivity contribution in [1.29, 1.82) is 0 Å². The average molecular weight is 264 g/mol. The van der Waals surface area contributed by atoms with Crippen LogP contribution in [0.1, 0.15) is 52.5 Å². The molecule has 1 rings (SSSR count). The zero-order chi connectivity index (χ0) is 14.3. The van der Waals surface area contributed by atoms with Gasteiger partial charge in [-0.3, -0.25) is 0 Å². The second kappa shape index (κ2) is 7.97. The molecule has 1 heterocycles. The molecule has 0 fully saturated rings. The Morgan fingerprint density at radius 3 is 2.58 bits per heavy atom. The summed E-state index contributed by atoms with van der Waals surface area (Å²) in [7, 11) is 0. The third kappa shape index (κ3) is 4.08. The predicted octanol–water partition coefficient (Wildman–Crippen LogP) is 3.62. The summed E-state index contributed by atoms with van der Waals surface area (Å²) in [5.74, 6) is 2.03. The highest BCUT2D eigenvalue weighted by atomic mass is 15.2. The summed E-state index contributed by atoms with van der Waals surface area (Å²) < 4.78 is 0. The van der Waals surface area contributed by atoms with Crippen LogP contribution in [0.5, 0.6) is 0 Å². The smallest absolute Gasteiger partial charge is 0.137 e. The van der Waals surface area contributed by atoms with E-state index < -0.39 is 0 Å². The van der Waals surface area contributed by atoms with Crippen LogP contribution in [0.15, 0.2) is 6.33 Å². The lowest BCUT2D eigenvalue weighted by Gasteiger charge is -2.31. The van der Waals surface area contributed by atoms with E-state index in [4.69, 9.17) is 0 Å². The molecule has 108 valence electrons. The number of nitrogens with zero attached hydrogens (tertiary/aromatic N) is 3. The minimum absolute atomic E-state index is 0.509. The Balaban J connectivity index is 3.03. The van der Waals surface area contributed by atoms with Gasteiger partial charge in [-0.15, -0.1) is 0 Å². The Morgan fingerprint density at radius 1 is 1.26 bits per heavy atom. The number of aromatic nitrogens is 2. The fourth-order valence-corrected chi connectivity index (χ4v) is 2.16. The standard InChI is InChI=1S/C15H28N4/c1-6-9-10-19(12(4)7-2)15-13(5)14(16-8-3)17-11-18-15/h11-12H,6-10H2,1-5H3,(H,16,17,18). The maximum absolute atomic E-state index is 4.52. The van der Waals surface area contributed by atoms with Gasteiger partial charge in [-0.05, 0) is 33.6 Å². The van der Waals surface area contributed by atoms with Gasteiger partial charge in [0.25, 0.3) is 0 Å². The average Bonchev–Trinajstić information content (AvgIpc) is 2.42. The maximum atomic E-state index is 4.52. The van der Waals surface area contributed by atoms with Crippen molar-refractivity contribution in [2.24, 2.45) is 0 Å². The van der Waals surface area contributed by atoms with Crippen LogP contribution in [0.4, 0.5) is 11.6 Å². The maximum Gasteiger partial charge on any atom is 0.137 e. The van der Waals surface area contributed by atoms with Crippen molar-refractivity contribution in [3.05, 3.63) is 11.9 Å². The number of hydrogen-bond acceptors (Lipinski definition) is 4. The monoisotopic (exact) mass is 264 g/mol. The lowest BCUT2D eigenvalue weighted by Crippen LogP contribution is -2.35. The van der Waals surface area contributed by atoms with Crippen molar-refractivity contribution in [2.75, 3.05) is 23.3 Å². The molecule has 19 heavy (non-hydrogen) atoms. The lowest BCUT2D eigenvalue weighted by molar-refractivity contribution is 0.587. The van der Waals surface area contributed by atoms with Gasteiger partial charge in [-0.25, -0.2) is 9.97 Å². The van der Waals surface area contributed by atoms with Gasteiger partial charge >= 0.3 is 0 Å². The van der Waals surface area contributed by atoms with Crippen molar-refractivity contribution in [2.45, 2.75) is 59.9 Å². The predicted molar refractivity (Wildman–Crippen MR) is 82.9 cm³/mol. The van der Waals surface area contributed by atoms with Crippen LogP contribution in [-0.2, 0) is 0 Å². The summed E-state index contributed by atoms with van der Waals surface area (Å²) in [5, 5.41) is 3.31. The van der Waals surface area contributed by atoms with Gasteiger partial charge in [-0.1, -0.05) is 20.3 Å². The highest BCUT2D eigenvalue weighted by Crippen LogP contribution is 2.25. The Labute approximate surface area is 117 Å². The molecule has 1 N–H and O–H groups in total. The number of nitrogens with one attached hydrogen (secondary N) is 1. The van der Waals surface area contributed by atoms with E-state index in [0.717, 1.165) is 36.7 Å². The molecule has 0 aromatic carbocycles. The molecule has 0 bridgehead atoms. The van der Waals surface area contributed by atoms with E-state index >= 15 is 0 Å². The van der Waals surface area contributed by atoms with Crippen molar-refractivity contribution < 1.29 is 0 Å². The van der Waals surface area contributed by atoms with E-state index in [2.05, 4.69) is 54.8 Å². The molecule has 0 aliphatic carbocycles. The van der Waals surface area contributed by atoms with Crippen LogP contribution >= 0.6 is 0 Å². The normalized spacial score (nSPS) is 12.3. The molecular weight excluding hydrogens is 236 g/mol. The molecule has 0 saturated carbocycles. The van der Waals surface area contributed by atoms with Gasteiger partial charge in [-0.2, -0.15) is 0 Å². The number of rotatable bonds is 8. The molecule has 1 aromatic heterocycles. The molecule has 4 nitrogen and oxygen atoms in total. The first-order valence-corrected chi connectivity index (χ1v) is 7.47. The first-order chi connectivity index (χ1) is 9.15. The molecule has 0 amide bonds. The molecule has 4 heteroatoms. The molecule has 1 unspecified atom stereocenters. The Kier molecular flexibility index (Phi) is 6.60. The molecule has 1 atom stereocenters. The van der Waals surface area contributed by atoms with Crippen molar-refractivity contribution in [3.63, 3.8) is 0 Å². The summed E-state index contributed by atoms with van der Waals surface area (Å²) in [6, 6.07) is 0.509. The van der Waals surface area contributed by atoms with Crippen molar-refractivity contribution in [1.82, 2.24) is 9.97 Å². The third-order valence-corrected chi connectivity index (χ3v) is 3.55. The lowest BCUT2D eigenvalue weighted by atomic mass is 10.1. The molecule has 0 aliphatic heterocycles. The Morgan fingerprint density at radius 2 is 2.00 bits per heavy atom. The summed E-state index contributed by atoms with van der Waals surface area (Å²) in [6.45, 7) is 12.9. The van der Waals surface area contributed by atoms with Gasteiger partial charge in [0.2, 0.25) is 0 Å². The quantitative estimate of drug-likeness (QED) is 0.778. The number of unbranched alkanes of at least 4 members (excludes halogenated alkanes) is 1. The fourth-order valence-electron chi connectivity index (χ4n) is 2.16. The molecular formula is C15H28N4. The second-order valence-electron chi connectivity index (χ2n) is 5.01. The van der Waals surface area contributed by atoms with Crippen LogP contribution in [0, 0.1) is 6.92 Å². The summed E-state index contributed by atoms with van der Waals surface area (Å²) in [6.07, 6.45) is 5.20. The van der Waals surface area contributed by atoms with Crippen LogP contribution in [0.2, 0.25) is 0 Å². The molecule has 0 radical (unpaired) electrons. The Hall–Kier alpha value is -1.32. The molecule has 0 aliphatic rings. The summed E-state index contributed by atoms with van der Waals surface area (Å²) >= 11 is 0. The van der Waals surface area contributed by atoms with Crippen molar-refractivity contribution in [3.8, 4) is 0 Å². The SMILES string of the molecule is CCCCN(c1ncnc(NCC)c1C)C(C)CC. The minimum Gasteiger partial charge on any atom is -0.370 e. The van der Waals surface area contributed by atoms with Crippen LogP contribution in [0.3, 0.4) is 0 Å². The Bertz CT molecular complexity index is 378. The largest absolute Gasteiger partial charge is 0.370 e. The third-order valence-electron chi connectivity index (χ3n) is 3.55. The first-order valence-electron chi connectivity index (χ1n) is 7.47. The molecule has 0 spiro atoms. The first kappa shape index (κ1) is 15.7. The fraction of sp³-hybridized carbons (Fsp3) is 0.733. The van der Waals surface area contributed by atoms with Gasteiger partial charge in [0.1, 0.15) is 18.0 Å². The van der Waals surface area contributed by atoms with E-state index in [9.17, 15) is 0 Å². The topological polar surface area (TPSA) is 41.1 Å². The van der Waals surface area contributed by atoms with E-state index in [0.29, 0.717) is 6.04 Å². The second-order valence-corrected chi connectivity index (χ2v) is 5.01. The highest BCUT2D eigenvalue weighted by Gasteiger charge is 2.17. The van der Waals surface area contributed by atoms with Gasteiger partial charge in [0, 0.05) is 24.7 Å². The van der Waals surface area contributed by atoms with E-state index in [-0.39, 0.29) is 0 Å². The zero-order valence-corrected chi connectivity index (χ0v) is 13.0. The van der Waals surface area contributed by atoms with Gasteiger partial charge < -0.3 is 10.2 Å².